The molecule has 0 unspecified atom stereocenters. The zero-order chi connectivity index (χ0) is 23.2. The highest BCUT2D eigenvalue weighted by Crippen LogP contribution is 2.31. The van der Waals surface area contributed by atoms with Crippen molar-refractivity contribution in [3.8, 4) is 11.5 Å². The first-order valence-electron chi connectivity index (χ1n) is 10.2. The van der Waals surface area contributed by atoms with Crippen LogP contribution in [0.4, 0.5) is 10.1 Å². The van der Waals surface area contributed by atoms with E-state index in [1.165, 1.54) is 23.9 Å². The van der Waals surface area contributed by atoms with E-state index < -0.39 is 0 Å². The van der Waals surface area contributed by atoms with Gasteiger partial charge in [-0.15, -0.1) is 0 Å². The number of carbonyl (C=O) groups excluding carboxylic acids is 1. The fraction of sp³-hybridized carbons (Fsp3) is 0.120. The van der Waals surface area contributed by atoms with Crippen molar-refractivity contribution < 1.29 is 18.7 Å². The number of halogens is 2. The van der Waals surface area contributed by atoms with Crippen molar-refractivity contribution >= 4 is 50.5 Å². The first-order valence-corrected chi connectivity index (χ1v) is 11.8. The van der Waals surface area contributed by atoms with Gasteiger partial charge in [0.25, 0.3) is 5.91 Å². The predicted molar refractivity (Wildman–Crippen MR) is 133 cm³/mol. The molecule has 1 N–H and O–H groups in total. The van der Waals surface area contributed by atoms with Gasteiger partial charge in [0.15, 0.2) is 5.17 Å². The van der Waals surface area contributed by atoms with Crippen molar-refractivity contribution in [2.45, 2.75) is 13.5 Å². The van der Waals surface area contributed by atoms with Crippen LogP contribution in [0.25, 0.3) is 6.08 Å². The second kappa shape index (κ2) is 10.7. The first kappa shape index (κ1) is 23.1. The molecule has 0 saturated carbocycles. The van der Waals surface area contributed by atoms with Crippen molar-refractivity contribution in [2.75, 3.05) is 6.61 Å². The maximum atomic E-state index is 13.3. The van der Waals surface area contributed by atoms with Crippen molar-refractivity contribution in [3.63, 3.8) is 0 Å². The smallest absolute Gasteiger partial charge is 0.264 e. The Morgan fingerprint density at radius 2 is 1.91 bits per heavy atom. The predicted octanol–water partition coefficient (Wildman–Crippen LogP) is 6.46. The van der Waals surface area contributed by atoms with Gasteiger partial charge in [-0.1, -0.05) is 18.2 Å². The number of hydrogen-bond acceptors (Lipinski definition) is 5. The number of nitrogens with zero attached hydrogens (tertiary/aromatic N) is 1. The van der Waals surface area contributed by atoms with Crippen LogP contribution in [0.3, 0.4) is 0 Å². The minimum absolute atomic E-state index is 0.202. The largest absolute Gasteiger partial charge is 0.494 e. The molecule has 0 aromatic heterocycles. The lowest BCUT2D eigenvalue weighted by Crippen LogP contribution is -2.19. The maximum absolute atomic E-state index is 13.3. The molecule has 168 valence electrons. The molecule has 1 amide bonds. The second-order valence-electron chi connectivity index (χ2n) is 7.02. The highest BCUT2D eigenvalue weighted by Gasteiger charge is 2.24. The van der Waals surface area contributed by atoms with Gasteiger partial charge in [-0.25, -0.2) is 9.38 Å². The minimum atomic E-state index is -0.296. The Balaban J connectivity index is 1.42. The molecule has 0 aliphatic carbocycles. The molecule has 1 aliphatic rings. The molecule has 1 heterocycles. The van der Waals surface area contributed by atoms with Gasteiger partial charge in [-0.2, -0.15) is 0 Å². The summed E-state index contributed by atoms with van der Waals surface area (Å²) in [5.74, 6) is 0.906. The van der Waals surface area contributed by atoms with E-state index in [0.29, 0.717) is 22.4 Å². The lowest BCUT2D eigenvalue weighted by molar-refractivity contribution is -0.115. The Hall–Kier alpha value is -3.10. The molecule has 5 nitrogen and oxygen atoms in total. The third-order valence-electron chi connectivity index (χ3n) is 4.57. The zero-order valence-electron chi connectivity index (χ0n) is 17.7. The topological polar surface area (TPSA) is 59.9 Å². The summed E-state index contributed by atoms with van der Waals surface area (Å²) < 4.78 is 25.3. The molecule has 0 spiro atoms. The molecule has 3 aromatic rings. The average molecular weight is 527 g/mol. The van der Waals surface area contributed by atoms with Gasteiger partial charge in [0.05, 0.1) is 21.7 Å². The van der Waals surface area contributed by atoms with Crippen LogP contribution in [0.1, 0.15) is 18.1 Å². The number of amides is 1. The van der Waals surface area contributed by atoms with Gasteiger partial charge in [0.1, 0.15) is 23.9 Å². The summed E-state index contributed by atoms with van der Waals surface area (Å²) in [5.41, 5.74) is 2.30. The number of carbonyl (C=O) groups is 1. The molecule has 4 rings (SSSR count). The Morgan fingerprint density at radius 3 is 2.64 bits per heavy atom. The number of aliphatic imine (C=N–C) groups is 1. The van der Waals surface area contributed by atoms with Crippen molar-refractivity contribution in [3.05, 3.63) is 93.1 Å². The van der Waals surface area contributed by atoms with Crippen molar-refractivity contribution in [1.82, 2.24) is 5.32 Å². The third-order valence-corrected chi connectivity index (χ3v) is 6.10. The van der Waals surface area contributed by atoms with Crippen LogP contribution in [0.15, 0.2) is 81.1 Å². The fourth-order valence-corrected chi connectivity index (χ4v) is 4.40. The molecular weight excluding hydrogens is 507 g/mol. The van der Waals surface area contributed by atoms with Gasteiger partial charge < -0.3 is 14.8 Å². The molecule has 0 radical (unpaired) electrons. The number of thioether (sulfide) groups is 1. The summed E-state index contributed by atoms with van der Waals surface area (Å²) in [5, 5.41) is 3.31. The number of benzene rings is 3. The normalized spacial score (nSPS) is 15.7. The number of ether oxygens (including phenoxy) is 2. The van der Waals surface area contributed by atoms with Crippen molar-refractivity contribution in [1.29, 1.82) is 0 Å². The van der Waals surface area contributed by atoms with Crippen LogP contribution in [0.2, 0.25) is 0 Å². The maximum Gasteiger partial charge on any atom is 0.264 e. The molecule has 0 atom stereocenters. The molecule has 1 aliphatic heterocycles. The van der Waals surface area contributed by atoms with Crippen LogP contribution >= 0.6 is 27.7 Å². The quantitative estimate of drug-likeness (QED) is 0.359. The van der Waals surface area contributed by atoms with Gasteiger partial charge in [0, 0.05) is 0 Å². The van der Waals surface area contributed by atoms with Crippen LogP contribution in [0.5, 0.6) is 11.5 Å². The van der Waals surface area contributed by atoms with Crippen molar-refractivity contribution in [2.24, 2.45) is 4.99 Å². The number of amidine groups is 1. The average Bonchev–Trinajstić information content (AvgIpc) is 3.13. The van der Waals surface area contributed by atoms with E-state index in [2.05, 4.69) is 26.2 Å². The van der Waals surface area contributed by atoms with E-state index in [-0.39, 0.29) is 18.3 Å². The van der Waals surface area contributed by atoms with Gasteiger partial charge >= 0.3 is 0 Å². The summed E-state index contributed by atoms with van der Waals surface area (Å²) >= 11 is 4.78. The lowest BCUT2D eigenvalue weighted by atomic mass is 10.2. The number of hydrogen-bond donors (Lipinski definition) is 1. The van der Waals surface area contributed by atoms with Gasteiger partial charge in [-0.05, 0) is 100 Å². The second-order valence-corrected chi connectivity index (χ2v) is 8.90. The Morgan fingerprint density at radius 1 is 1.09 bits per heavy atom. The minimum Gasteiger partial charge on any atom is -0.494 e. The Kier molecular flexibility index (Phi) is 7.47. The zero-order valence-corrected chi connectivity index (χ0v) is 20.1. The Bertz CT molecular complexity index is 1230. The monoisotopic (exact) mass is 526 g/mol. The van der Waals surface area contributed by atoms with E-state index in [1.54, 1.807) is 18.2 Å². The van der Waals surface area contributed by atoms with E-state index >= 15 is 0 Å². The number of rotatable bonds is 7. The number of nitrogens with one attached hydrogen (secondary N) is 1. The van der Waals surface area contributed by atoms with Gasteiger partial charge in [0.2, 0.25) is 0 Å². The van der Waals surface area contributed by atoms with E-state index in [1.807, 2.05) is 49.4 Å². The third kappa shape index (κ3) is 6.24. The summed E-state index contributed by atoms with van der Waals surface area (Å²) in [4.78, 5) is 17.4. The highest BCUT2D eigenvalue weighted by atomic mass is 79.9. The molecule has 33 heavy (non-hydrogen) atoms. The standard InChI is InChI=1S/C25H20BrFN2O3S/c1-2-31-20-9-7-19(8-10-20)28-25-29-24(30)23(33-25)14-16-6-11-22(21(26)13-16)32-15-17-4-3-5-18(27)12-17/h3-14H,2,15H2,1H3,(H,28,29,30)/b23-14+. The Labute approximate surface area is 203 Å². The van der Waals surface area contributed by atoms with Gasteiger partial charge in [-0.3, -0.25) is 4.79 Å². The fourth-order valence-electron chi connectivity index (χ4n) is 3.04. The summed E-state index contributed by atoms with van der Waals surface area (Å²) in [6, 6.07) is 19.2. The molecule has 0 bridgehead atoms. The highest BCUT2D eigenvalue weighted by molar-refractivity contribution is 9.10. The first-order chi connectivity index (χ1) is 16.0. The van der Waals surface area contributed by atoms with E-state index in [4.69, 9.17) is 9.47 Å². The van der Waals surface area contributed by atoms with E-state index in [0.717, 1.165) is 27.0 Å². The van der Waals surface area contributed by atoms with Crippen LogP contribution in [-0.4, -0.2) is 17.7 Å². The molecule has 8 heteroatoms. The summed E-state index contributed by atoms with van der Waals surface area (Å²) in [7, 11) is 0. The molecule has 1 saturated heterocycles. The summed E-state index contributed by atoms with van der Waals surface area (Å²) in [6.45, 7) is 2.78. The molecule has 1 fully saturated rings. The molecule has 3 aromatic carbocycles. The lowest BCUT2D eigenvalue weighted by Gasteiger charge is -2.09. The van der Waals surface area contributed by atoms with Crippen LogP contribution < -0.4 is 14.8 Å². The van der Waals surface area contributed by atoms with Crippen LogP contribution in [0, 0.1) is 5.82 Å². The molecular formula is C25H20BrFN2O3S. The van der Waals surface area contributed by atoms with Crippen LogP contribution in [-0.2, 0) is 11.4 Å². The summed E-state index contributed by atoms with van der Waals surface area (Å²) in [6.07, 6.45) is 1.79. The SMILES string of the molecule is CCOc1ccc(N=C2NC(=O)/C(=C\c3ccc(OCc4cccc(F)c4)c(Br)c3)S2)cc1. The van der Waals surface area contributed by atoms with E-state index in [9.17, 15) is 9.18 Å².